The average molecular weight is 565 g/mol. The van der Waals surface area contributed by atoms with Gasteiger partial charge in [-0.25, -0.2) is 4.39 Å². The van der Waals surface area contributed by atoms with E-state index in [0.29, 0.717) is 24.1 Å². The molecule has 0 spiro atoms. The zero-order chi connectivity index (χ0) is 27.9. The van der Waals surface area contributed by atoms with Gasteiger partial charge in [-0.2, -0.15) is 0 Å². The Balaban J connectivity index is 1.23. The molecule has 2 fully saturated rings. The molecule has 0 aromatic heterocycles. The van der Waals surface area contributed by atoms with Crippen molar-refractivity contribution in [2.75, 3.05) is 56.6 Å². The molecule has 3 aromatic carbocycles. The van der Waals surface area contributed by atoms with E-state index in [1.807, 2.05) is 30.3 Å². The number of anilines is 2. The molecule has 1 N–H and O–H groups in total. The predicted molar refractivity (Wildman–Crippen MR) is 160 cm³/mol. The monoisotopic (exact) mass is 564 g/mol. The van der Waals surface area contributed by atoms with E-state index in [-0.39, 0.29) is 11.7 Å². The third-order valence-corrected chi connectivity index (χ3v) is 8.39. The molecular weight excluding hydrogens is 527 g/mol. The topological polar surface area (TPSA) is 48.1 Å². The van der Waals surface area contributed by atoms with Crippen LogP contribution in [0.15, 0.2) is 72.8 Å². The molecular formula is C32H38ClFN4O2. The number of hydrogen-bond acceptors (Lipinski definition) is 5. The second-order valence-electron chi connectivity index (χ2n) is 10.8. The van der Waals surface area contributed by atoms with Crippen LogP contribution in [0.4, 0.5) is 15.8 Å². The minimum Gasteiger partial charge on any atom is -0.495 e. The maximum absolute atomic E-state index is 13.3. The van der Waals surface area contributed by atoms with E-state index in [1.54, 1.807) is 19.2 Å². The van der Waals surface area contributed by atoms with Gasteiger partial charge in [0, 0.05) is 62.4 Å². The third kappa shape index (κ3) is 7.33. The summed E-state index contributed by atoms with van der Waals surface area (Å²) in [6.45, 7) is 6.66. The van der Waals surface area contributed by atoms with Crippen LogP contribution in [0.25, 0.3) is 0 Å². The number of nitrogens with one attached hydrogen (secondary N) is 1. The van der Waals surface area contributed by atoms with Crippen molar-refractivity contribution in [3.05, 3.63) is 89.2 Å². The summed E-state index contributed by atoms with van der Waals surface area (Å²) in [6, 6.07) is 22.7. The first-order valence-corrected chi connectivity index (χ1v) is 14.5. The molecule has 2 aliphatic rings. The second kappa shape index (κ2) is 13.5. The lowest BCUT2D eigenvalue weighted by atomic mass is 9.86. The minimum atomic E-state index is -0.311. The summed E-state index contributed by atoms with van der Waals surface area (Å²) in [5.41, 5.74) is 2.99. The van der Waals surface area contributed by atoms with Crippen LogP contribution in [0.3, 0.4) is 0 Å². The van der Waals surface area contributed by atoms with E-state index < -0.39 is 0 Å². The highest BCUT2D eigenvalue weighted by atomic mass is 35.5. The molecule has 2 atom stereocenters. The van der Waals surface area contributed by atoms with Gasteiger partial charge in [-0.1, -0.05) is 35.9 Å². The largest absolute Gasteiger partial charge is 0.495 e. The number of nitrogens with zero attached hydrogens (tertiary/aromatic N) is 3. The van der Waals surface area contributed by atoms with Gasteiger partial charge in [0.15, 0.2) is 0 Å². The molecule has 8 heteroatoms. The van der Waals surface area contributed by atoms with E-state index in [0.717, 1.165) is 75.1 Å². The standard InChI is InChI=1S/C32H38ClFN4O2/c1-40-31-8-3-2-7-30(31)38-19-17-37(18-20-38)29-15-16-36(22-24-5-4-6-26(33)21-24)23-25(29)9-14-32(39)35-28-12-10-27(34)11-13-28/h2-8,10-13,21,25,29H,9,14-20,22-23H2,1H3,(H,35,39)/t25-,29+/m0/s1. The molecule has 3 aromatic rings. The van der Waals surface area contributed by atoms with Crippen LogP contribution < -0.4 is 15.0 Å². The van der Waals surface area contributed by atoms with Crippen molar-refractivity contribution in [1.82, 2.24) is 9.80 Å². The van der Waals surface area contributed by atoms with Gasteiger partial charge in [-0.3, -0.25) is 14.6 Å². The summed E-state index contributed by atoms with van der Waals surface area (Å²) in [7, 11) is 1.73. The lowest BCUT2D eigenvalue weighted by molar-refractivity contribution is -0.116. The Morgan fingerprint density at radius 2 is 1.77 bits per heavy atom. The number of amides is 1. The fourth-order valence-electron chi connectivity index (χ4n) is 6.16. The highest BCUT2D eigenvalue weighted by Crippen LogP contribution is 2.32. The minimum absolute atomic E-state index is 0.0293. The summed E-state index contributed by atoms with van der Waals surface area (Å²) in [5, 5.41) is 3.69. The van der Waals surface area contributed by atoms with Gasteiger partial charge in [0.05, 0.1) is 12.8 Å². The van der Waals surface area contributed by atoms with Crippen LogP contribution in [0, 0.1) is 11.7 Å². The van der Waals surface area contributed by atoms with Gasteiger partial charge in [0.1, 0.15) is 11.6 Å². The van der Waals surface area contributed by atoms with Crippen LogP contribution in [0.2, 0.25) is 5.02 Å². The van der Waals surface area contributed by atoms with Crippen LogP contribution in [-0.2, 0) is 11.3 Å². The van der Waals surface area contributed by atoms with Gasteiger partial charge >= 0.3 is 0 Å². The number of hydrogen-bond donors (Lipinski definition) is 1. The molecule has 2 aliphatic heterocycles. The summed E-state index contributed by atoms with van der Waals surface area (Å²) in [4.78, 5) is 20.4. The van der Waals surface area contributed by atoms with Crippen LogP contribution >= 0.6 is 11.6 Å². The lowest BCUT2D eigenvalue weighted by Gasteiger charge is -2.47. The molecule has 212 valence electrons. The zero-order valence-electron chi connectivity index (χ0n) is 23.1. The number of para-hydroxylation sites is 2. The van der Waals surface area contributed by atoms with Gasteiger partial charge < -0.3 is 15.0 Å². The molecule has 40 heavy (non-hydrogen) atoms. The van der Waals surface area contributed by atoms with Crippen LogP contribution in [-0.4, -0.2) is 68.1 Å². The summed E-state index contributed by atoms with van der Waals surface area (Å²) >= 11 is 6.25. The predicted octanol–water partition coefficient (Wildman–Crippen LogP) is 5.92. The fraction of sp³-hybridized carbons (Fsp3) is 0.406. The smallest absolute Gasteiger partial charge is 0.224 e. The molecule has 2 saturated heterocycles. The van der Waals surface area contributed by atoms with Crippen molar-refractivity contribution in [2.45, 2.75) is 31.8 Å². The Morgan fingerprint density at radius 3 is 2.52 bits per heavy atom. The third-order valence-electron chi connectivity index (χ3n) is 8.15. The van der Waals surface area contributed by atoms with Crippen molar-refractivity contribution in [1.29, 1.82) is 0 Å². The number of rotatable bonds is 9. The quantitative estimate of drug-likeness (QED) is 0.350. The Kier molecular flexibility index (Phi) is 9.57. The summed E-state index contributed by atoms with van der Waals surface area (Å²) < 4.78 is 18.9. The Morgan fingerprint density at radius 1 is 1.00 bits per heavy atom. The number of carbonyl (C=O) groups is 1. The van der Waals surface area contributed by atoms with Crippen LogP contribution in [0.5, 0.6) is 5.75 Å². The number of carbonyl (C=O) groups excluding carboxylic acids is 1. The molecule has 0 saturated carbocycles. The van der Waals surface area contributed by atoms with E-state index in [9.17, 15) is 9.18 Å². The molecule has 6 nitrogen and oxygen atoms in total. The Hall–Kier alpha value is -3.13. The van der Waals surface area contributed by atoms with Gasteiger partial charge in [0.2, 0.25) is 5.91 Å². The number of ether oxygens (including phenoxy) is 1. The van der Waals surface area contributed by atoms with E-state index in [1.165, 1.54) is 17.7 Å². The summed E-state index contributed by atoms with van der Waals surface area (Å²) in [6.07, 6.45) is 2.31. The molecule has 0 unspecified atom stereocenters. The molecule has 2 heterocycles. The second-order valence-corrected chi connectivity index (χ2v) is 11.2. The number of piperidine rings is 1. The van der Waals surface area contributed by atoms with E-state index in [2.05, 4.69) is 38.2 Å². The average Bonchev–Trinajstić information content (AvgIpc) is 2.97. The molecule has 0 aliphatic carbocycles. The van der Waals surface area contributed by atoms with Gasteiger partial charge in [-0.15, -0.1) is 0 Å². The van der Waals surface area contributed by atoms with Crippen molar-refractivity contribution < 1.29 is 13.9 Å². The first kappa shape index (κ1) is 28.4. The number of halogens is 2. The first-order valence-electron chi connectivity index (χ1n) is 14.1. The molecule has 0 radical (unpaired) electrons. The normalized spacial score (nSPS) is 20.3. The fourth-order valence-corrected chi connectivity index (χ4v) is 6.37. The number of likely N-dealkylation sites (tertiary alicyclic amines) is 1. The number of piperazine rings is 1. The highest BCUT2D eigenvalue weighted by molar-refractivity contribution is 6.30. The summed E-state index contributed by atoms with van der Waals surface area (Å²) in [5.74, 6) is 0.937. The van der Waals surface area contributed by atoms with Gasteiger partial charge in [-0.05, 0) is 79.4 Å². The van der Waals surface area contributed by atoms with Crippen LogP contribution in [0.1, 0.15) is 24.8 Å². The van der Waals surface area contributed by atoms with E-state index in [4.69, 9.17) is 16.3 Å². The Labute approximate surface area is 241 Å². The van der Waals surface area contributed by atoms with Crippen molar-refractivity contribution in [2.24, 2.45) is 5.92 Å². The van der Waals surface area contributed by atoms with Crippen molar-refractivity contribution in [3.63, 3.8) is 0 Å². The van der Waals surface area contributed by atoms with Gasteiger partial charge in [0.25, 0.3) is 0 Å². The van der Waals surface area contributed by atoms with Crippen molar-refractivity contribution in [3.8, 4) is 5.75 Å². The zero-order valence-corrected chi connectivity index (χ0v) is 23.8. The van der Waals surface area contributed by atoms with Crippen molar-refractivity contribution >= 4 is 28.9 Å². The van der Waals surface area contributed by atoms with E-state index >= 15 is 0 Å². The number of methoxy groups -OCH3 is 1. The lowest BCUT2D eigenvalue weighted by Crippen LogP contribution is -2.56. The molecule has 1 amide bonds. The maximum atomic E-state index is 13.3. The SMILES string of the molecule is COc1ccccc1N1CCN([C@@H]2CCN(Cc3cccc(Cl)c3)C[C@@H]2CCC(=O)Nc2ccc(F)cc2)CC1. The first-order chi connectivity index (χ1) is 19.5. The Bertz CT molecular complexity index is 1270. The number of benzene rings is 3. The highest BCUT2D eigenvalue weighted by Gasteiger charge is 2.35. The molecule has 5 rings (SSSR count). The maximum Gasteiger partial charge on any atom is 0.224 e. The molecule has 0 bridgehead atoms.